The minimum atomic E-state index is 0. The van der Waals surface area contributed by atoms with E-state index in [9.17, 15) is 0 Å². The van der Waals surface area contributed by atoms with Crippen LogP contribution in [0.1, 0.15) is 18.0 Å². The van der Waals surface area contributed by atoms with Crippen molar-refractivity contribution < 1.29 is 9.47 Å². The summed E-state index contributed by atoms with van der Waals surface area (Å²) in [5.41, 5.74) is 1.21. The fraction of sp³-hybridized carbons (Fsp3) is 0.611. The fourth-order valence-corrected chi connectivity index (χ4v) is 3.10. The predicted molar refractivity (Wildman–Crippen MR) is 118 cm³/mol. The lowest BCUT2D eigenvalue weighted by Crippen LogP contribution is -2.46. The van der Waals surface area contributed by atoms with Gasteiger partial charge in [0.2, 0.25) is 0 Å². The van der Waals surface area contributed by atoms with Gasteiger partial charge in [0, 0.05) is 52.0 Å². The maximum absolute atomic E-state index is 6.20. The maximum Gasteiger partial charge on any atom is 0.191 e. The van der Waals surface area contributed by atoms with Gasteiger partial charge in [-0.05, 0) is 24.1 Å². The Morgan fingerprint density at radius 3 is 2.77 bits per heavy atom. The lowest BCUT2D eigenvalue weighted by molar-refractivity contribution is 0.0170. The topological polar surface area (TPSA) is 58.1 Å². The second-order valence-electron chi connectivity index (χ2n) is 5.95. The molecule has 0 amide bonds. The van der Waals surface area contributed by atoms with Gasteiger partial charge in [0.25, 0.3) is 0 Å². The molecule has 1 heterocycles. The average Bonchev–Trinajstić information content (AvgIpc) is 2.64. The highest BCUT2D eigenvalue weighted by molar-refractivity contribution is 14.0. The second kappa shape index (κ2) is 13.5. The molecule has 8 heteroatoms. The van der Waals surface area contributed by atoms with E-state index in [4.69, 9.17) is 21.1 Å². The highest BCUT2D eigenvalue weighted by Gasteiger charge is 2.23. The summed E-state index contributed by atoms with van der Waals surface area (Å²) in [6.45, 7) is 5.68. The van der Waals surface area contributed by atoms with Crippen LogP contribution in [0.2, 0.25) is 5.02 Å². The molecule has 0 bridgehead atoms. The molecule has 1 saturated heterocycles. The van der Waals surface area contributed by atoms with Crippen LogP contribution in [0.15, 0.2) is 29.3 Å². The standard InChI is InChI=1S/C18H29ClN4O2.HI/c1-20-18(21-7-4-10-24-2)22-14-17(23-8-11-25-12-9-23)15-5-3-6-16(19)13-15;/h3,5-6,13,17H,4,7-12,14H2,1-2H3,(H2,20,21,22);1H. The summed E-state index contributed by atoms with van der Waals surface area (Å²) in [5, 5.41) is 7.51. The van der Waals surface area contributed by atoms with Crippen molar-refractivity contribution in [3.8, 4) is 0 Å². The third kappa shape index (κ3) is 7.96. The lowest BCUT2D eigenvalue weighted by Gasteiger charge is -2.35. The molecular weight excluding hydrogens is 467 g/mol. The van der Waals surface area contributed by atoms with Gasteiger partial charge in [-0.3, -0.25) is 9.89 Å². The summed E-state index contributed by atoms with van der Waals surface area (Å²) in [6.07, 6.45) is 0.943. The summed E-state index contributed by atoms with van der Waals surface area (Å²) in [7, 11) is 3.50. The number of aliphatic imine (C=N–C) groups is 1. The molecule has 1 aromatic carbocycles. The first kappa shape index (κ1) is 23.4. The number of nitrogens with zero attached hydrogens (tertiary/aromatic N) is 2. The summed E-state index contributed by atoms with van der Waals surface area (Å²) >= 11 is 6.20. The third-order valence-electron chi connectivity index (χ3n) is 4.22. The van der Waals surface area contributed by atoms with Gasteiger partial charge in [-0.1, -0.05) is 23.7 Å². The SMILES string of the molecule is CN=C(NCCCOC)NCC(c1cccc(Cl)c1)N1CCOCC1.I. The maximum atomic E-state index is 6.20. The molecule has 148 valence electrons. The van der Waals surface area contributed by atoms with Gasteiger partial charge in [-0.25, -0.2) is 0 Å². The number of rotatable bonds is 8. The number of ether oxygens (including phenoxy) is 2. The van der Waals surface area contributed by atoms with Crippen LogP contribution >= 0.6 is 35.6 Å². The Hall–Kier alpha value is -0.610. The van der Waals surface area contributed by atoms with Gasteiger partial charge in [0.15, 0.2) is 5.96 Å². The van der Waals surface area contributed by atoms with Crippen molar-refractivity contribution in [2.24, 2.45) is 4.99 Å². The molecule has 1 aliphatic heterocycles. The molecule has 2 N–H and O–H groups in total. The molecule has 0 aliphatic carbocycles. The number of benzene rings is 1. The van der Waals surface area contributed by atoms with Gasteiger partial charge in [-0.2, -0.15) is 0 Å². The number of guanidine groups is 1. The van der Waals surface area contributed by atoms with Gasteiger partial charge >= 0.3 is 0 Å². The van der Waals surface area contributed by atoms with Crippen LogP contribution in [0.3, 0.4) is 0 Å². The van der Waals surface area contributed by atoms with Crippen molar-refractivity contribution in [1.29, 1.82) is 0 Å². The van der Waals surface area contributed by atoms with E-state index in [1.165, 1.54) is 5.56 Å². The molecule has 0 spiro atoms. The summed E-state index contributed by atoms with van der Waals surface area (Å²) in [4.78, 5) is 6.73. The van der Waals surface area contributed by atoms with Crippen LogP contribution in [0.4, 0.5) is 0 Å². The van der Waals surface area contributed by atoms with Crippen molar-refractivity contribution >= 4 is 41.5 Å². The molecule has 1 aliphatic rings. The lowest BCUT2D eigenvalue weighted by atomic mass is 10.0. The monoisotopic (exact) mass is 496 g/mol. The van der Waals surface area contributed by atoms with Crippen LogP contribution in [0, 0.1) is 0 Å². The zero-order valence-corrected chi connectivity index (χ0v) is 18.6. The Morgan fingerprint density at radius 2 is 2.12 bits per heavy atom. The first-order valence-corrected chi connectivity index (χ1v) is 9.13. The number of hydrogen-bond acceptors (Lipinski definition) is 4. The summed E-state index contributed by atoms with van der Waals surface area (Å²) in [5.74, 6) is 0.802. The molecule has 26 heavy (non-hydrogen) atoms. The van der Waals surface area contributed by atoms with Crippen molar-refractivity contribution in [2.45, 2.75) is 12.5 Å². The van der Waals surface area contributed by atoms with Gasteiger partial charge < -0.3 is 20.1 Å². The van der Waals surface area contributed by atoms with Crippen molar-refractivity contribution in [1.82, 2.24) is 15.5 Å². The average molecular weight is 497 g/mol. The fourth-order valence-electron chi connectivity index (χ4n) is 2.90. The van der Waals surface area contributed by atoms with E-state index in [-0.39, 0.29) is 30.0 Å². The Bertz CT molecular complexity index is 542. The van der Waals surface area contributed by atoms with Crippen molar-refractivity contribution in [3.63, 3.8) is 0 Å². The van der Waals surface area contributed by atoms with E-state index >= 15 is 0 Å². The minimum Gasteiger partial charge on any atom is -0.385 e. The predicted octanol–water partition coefficient (Wildman–Crippen LogP) is 2.53. The van der Waals surface area contributed by atoms with Gasteiger partial charge in [0.05, 0.1) is 19.3 Å². The third-order valence-corrected chi connectivity index (χ3v) is 4.46. The Labute approximate surface area is 178 Å². The van der Waals surface area contributed by atoms with E-state index in [0.717, 1.165) is 63.4 Å². The molecule has 1 aromatic rings. The van der Waals surface area contributed by atoms with Crippen molar-refractivity contribution in [2.75, 3.05) is 60.2 Å². The highest BCUT2D eigenvalue weighted by atomic mass is 127. The molecule has 1 unspecified atom stereocenters. The number of morpholine rings is 1. The van der Waals surface area contributed by atoms with Gasteiger partial charge in [-0.15, -0.1) is 24.0 Å². The van der Waals surface area contributed by atoms with Crippen LogP contribution < -0.4 is 10.6 Å². The summed E-state index contributed by atoms with van der Waals surface area (Å²) in [6, 6.07) is 8.30. The van der Waals surface area contributed by atoms with Crippen LogP contribution in [-0.4, -0.2) is 71.0 Å². The number of methoxy groups -OCH3 is 1. The van der Waals surface area contributed by atoms with Gasteiger partial charge in [0.1, 0.15) is 0 Å². The summed E-state index contributed by atoms with van der Waals surface area (Å²) < 4.78 is 10.6. The Balaban J connectivity index is 0.00000338. The molecule has 0 radical (unpaired) electrons. The van der Waals surface area contributed by atoms with E-state index in [1.807, 2.05) is 18.2 Å². The van der Waals surface area contributed by atoms with Crippen LogP contribution in [-0.2, 0) is 9.47 Å². The zero-order chi connectivity index (χ0) is 17.9. The second-order valence-corrected chi connectivity index (χ2v) is 6.38. The molecular formula is C18H30ClIN4O2. The normalized spacial score (nSPS) is 16.7. The van der Waals surface area contributed by atoms with E-state index in [2.05, 4.69) is 26.6 Å². The first-order valence-electron chi connectivity index (χ1n) is 8.75. The van der Waals surface area contributed by atoms with E-state index in [0.29, 0.717) is 0 Å². The molecule has 0 saturated carbocycles. The zero-order valence-electron chi connectivity index (χ0n) is 15.5. The van der Waals surface area contributed by atoms with E-state index in [1.54, 1.807) is 14.2 Å². The van der Waals surface area contributed by atoms with E-state index < -0.39 is 0 Å². The Morgan fingerprint density at radius 1 is 1.35 bits per heavy atom. The number of nitrogens with one attached hydrogen (secondary N) is 2. The molecule has 1 fully saturated rings. The van der Waals surface area contributed by atoms with Crippen LogP contribution in [0.25, 0.3) is 0 Å². The number of hydrogen-bond donors (Lipinski definition) is 2. The molecule has 6 nitrogen and oxygen atoms in total. The first-order chi connectivity index (χ1) is 12.2. The smallest absolute Gasteiger partial charge is 0.191 e. The highest BCUT2D eigenvalue weighted by Crippen LogP contribution is 2.23. The Kier molecular flexibility index (Phi) is 12.2. The molecule has 1 atom stereocenters. The molecule has 0 aromatic heterocycles. The number of halogens is 2. The quantitative estimate of drug-likeness (QED) is 0.251. The van der Waals surface area contributed by atoms with Crippen molar-refractivity contribution in [3.05, 3.63) is 34.9 Å². The molecule has 2 rings (SSSR count). The largest absolute Gasteiger partial charge is 0.385 e. The minimum absolute atomic E-state index is 0. The van der Waals surface area contributed by atoms with Crippen LogP contribution in [0.5, 0.6) is 0 Å².